The first-order chi connectivity index (χ1) is 5.24. The van der Waals surface area contributed by atoms with Crippen LogP contribution in [0.25, 0.3) is 0 Å². The molecule has 0 heterocycles. The van der Waals surface area contributed by atoms with Gasteiger partial charge in [-0.1, -0.05) is 13.8 Å². The summed E-state index contributed by atoms with van der Waals surface area (Å²) in [6.45, 7) is 0.976. The second-order valence-corrected chi connectivity index (χ2v) is 3.63. The normalized spacial score (nSPS) is 15.8. The Labute approximate surface area is 72.0 Å². The van der Waals surface area contributed by atoms with Crippen LogP contribution < -0.4 is 0 Å². The van der Waals surface area contributed by atoms with E-state index < -0.39 is 13.4 Å². The van der Waals surface area contributed by atoms with Crippen LogP contribution in [0.2, 0.25) is 0 Å². The molecular formula is C7H16BF3N-. The summed E-state index contributed by atoms with van der Waals surface area (Å²) in [4.78, 5) is 1.35. The molecule has 0 aromatic rings. The van der Waals surface area contributed by atoms with Gasteiger partial charge in [-0.2, -0.15) is 0 Å². The van der Waals surface area contributed by atoms with Gasteiger partial charge >= 0.3 is 6.98 Å². The smallest absolute Gasteiger partial charge is 0.448 e. The summed E-state index contributed by atoms with van der Waals surface area (Å²) in [7, 11) is 1.51. The molecule has 0 rings (SSSR count). The van der Waals surface area contributed by atoms with E-state index in [2.05, 4.69) is 0 Å². The molecule has 0 amide bonds. The van der Waals surface area contributed by atoms with Gasteiger partial charge in [-0.3, -0.25) is 0 Å². The van der Waals surface area contributed by atoms with Crippen molar-refractivity contribution >= 4 is 6.98 Å². The molecule has 74 valence electrons. The van der Waals surface area contributed by atoms with Crippen LogP contribution in [0, 0.1) is 5.92 Å². The lowest BCUT2D eigenvalue weighted by Gasteiger charge is -2.31. The third-order valence-electron chi connectivity index (χ3n) is 2.16. The molecule has 0 N–H and O–H groups in total. The predicted molar refractivity (Wildman–Crippen MR) is 46.0 cm³/mol. The van der Waals surface area contributed by atoms with E-state index in [0.29, 0.717) is 0 Å². The summed E-state index contributed by atoms with van der Waals surface area (Å²) in [5.74, 6) is 0.258. The van der Waals surface area contributed by atoms with Crippen molar-refractivity contribution in [3.05, 3.63) is 0 Å². The van der Waals surface area contributed by atoms with Crippen molar-refractivity contribution in [1.82, 2.24) is 4.90 Å². The molecule has 1 atom stereocenters. The number of halogens is 3. The molecule has 0 saturated carbocycles. The van der Waals surface area contributed by atoms with Crippen LogP contribution in [0.5, 0.6) is 0 Å². The highest BCUT2D eigenvalue weighted by Crippen LogP contribution is 2.14. The number of hydrogen-bond donors (Lipinski definition) is 0. The molecule has 1 nitrogen and oxygen atoms in total. The van der Waals surface area contributed by atoms with Crippen LogP contribution in [0.15, 0.2) is 0 Å². The van der Waals surface area contributed by atoms with Crippen LogP contribution in [-0.4, -0.2) is 31.4 Å². The van der Waals surface area contributed by atoms with Crippen molar-refractivity contribution < 1.29 is 12.9 Å². The molecule has 0 aromatic heterocycles. The zero-order valence-electron chi connectivity index (χ0n) is 8.02. The summed E-state index contributed by atoms with van der Waals surface area (Å²) in [5.41, 5.74) is 0. The van der Waals surface area contributed by atoms with Crippen molar-refractivity contribution in [3.63, 3.8) is 0 Å². The minimum absolute atomic E-state index is 0.0199. The van der Waals surface area contributed by atoms with Crippen molar-refractivity contribution in [2.24, 2.45) is 5.92 Å². The van der Waals surface area contributed by atoms with Crippen LogP contribution in [-0.2, 0) is 0 Å². The Bertz CT molecular complexity index is 135. The summed E-state index contributed by atoms with van der Waals surface area (Å²) >= 11 is 0. The van der Waals surface area contributed by atoms with Gasteiger partial charge in [0.25, 0.3) is 0 Å². The predicted octanol–water partition coefficient (Wildman–Crippen LogP) is 2.35. The minimum Gasteiger partial charge on any atom is -0.448 e. The van der Waals surface area contributed by atoms with Crippen molar-refractivity contribution in [2.45, 2.75) is 26.8 Å². The Morgan fingerprint density at radius 2 is 1.58 bits per heavy atom. The molecule has 0 spiro atoms. The van der Waals surface area contributed by atoms with E-state index in [-0.39, 0.29) is 12.0 Å². The summed E-state index contributed by atoms with van der Waals surface area (Å²) < 4.78 is 35.9. The number of hydrogen-bond acceptors (Lipinski definition) is 1. The maximum Gasteiger partial charge on any atom is 0.492 e. The lowest BCUT2D eigenvalue weighted by Crippen LogP contribution is -2.42. The van der Waals surface area contributed by atoms with E-state index in [1.165, 1.54) is 11.9 Å². The monoisotopic (exact) mass is 182 g/mol. The first-order valence-electron chi connectivity index (χ1n) is 4.15. The molecule has 0 saturated heterocycles. The Hall–Kier alpha value is -0.185. The topological polar surface area (TPSA) is 3.24 Å². The Morgan fingerprint density at radius 1 is 1.17 bits per heavy atom. The van der Waals surface area contributed by atoms with E-state index in [4.69, 9.17) is 0 Å². The van der Waals surface area contributed by atoms with Crippen LogP contribution in [0.1, 0.15) is 20.8 Å². The highest BCUT2D eigenvalue weighted by atomic mass is 19.4. The van der Waals surface area contributed by atoms with E-state index >= 15 is 0 Å². The lowest BCUT2D eigenvalue weighted by atomic mass is 9.89. The molecular weight excluding hydrogens is 166 g/mol. The largest absolute Gasteiger partial charge is 0.492 e. The SMILES string of the molecule is CC(C)C(C)N(C)C[B-](F)(F)F. The molecule has 12 heavy (non-hydrogen) atoms. The number of rotatable bonds is 4. The zero-order chi connectivity index (χ0) is 9.94. The average molecular weight is 182 g/mol. The number of nitrogens with zero attached hydrogens (tertiary/aromatic N) is 1. The maximum atomic E-state index is 12.0. The van der Waals surface area contributed by atoms with Crippen molar-refractivity contribution in [1.29, 1.82) is 0 Å². The zero-order valence-corrected chi connectivity index (χ0v) is 8.02. The maximum absolute atomic E-state index is 12.0. The molecule has 0 bridgehead atoms. The Kier molecular flexibility index (Phi) is 4.10. The van der Waals surface area contributed by atoms with Gasteiger partial charge in [0, 0.05) is 6.04 Å². The second kappa shape index (κ2) is 4.17. The highest BCUT2D eigenvalue weighted by molar-refractivity contribution is 6.58. The van der Waals surface area contributed by atoms with Gasteiger partial charge in [-0.05, 0) is 26.3 Å². The third kappa shape index (κ3) is 4.64. The van der Waals surface area contributed by atoms with Crippen LogP contribution in [0.4, 0.5) is 12.9 Å². The third-order valence-corrected chi connectivity index (χ3v) is 2.16. The van der Waals surface area contributed by atoms with E-state index in [1.807, 2.05) is 20.8 Å². The van der Waals surface area contributed by atoms with E-state index in [1.54, 1.807) is 0 Å². The summed E-state index contributed by atoms with van der Waals surface area (Å²) in [6.07, 6.45) is -0.765. The van der Waals surface area contributed by atoms with Gasteiger partial charge in [-0.15, -0.1) is 0 Å². The second-order valence-electron chi connectivity index (χ2n) is 3.63. The summed E-state index contributed by atoms with van der Waals surface area (Å²) in [5, 5.41) is 0. The van der Waals surface area contributed by atoms with Crippen LogP contribution >= 0.6 is 0 Å². The van der Waals surface area contributed by atoms with Crippen LogP contribution in [0.3, 0.4) is 0 Å². The van der Waals surface area contributed by atoms with E-state index in [9.17, 15) is 12.9 Å². The molecule has 0 aliphatic carbocycles. The van der Waals surface area contributed by atoms with Gasteiger partial charge in [-0.25, -0.2) is 0 Å². The Morgan fingerprint density at radius 3 is 1.83 bits per heavy atom. The van der Waals surface area contributed by atoms with Gasteiger partial charge in [0.1, 0.15) is 0 Å². The molecule has 0 fully saturated rings. The molecule has 0 aliphatic heterocycles. The fourth-order valence-electron chi connectivity index (χ4n) is 1.00. The lowest BCUT2D eigenvalue weighted by molar-refractivity contribution is 0.216. The van der Waals surface area contributed by atoms with E-state index in [0.717, 1.165) is 0 Å². The summed E-state index contributed by atoms with van der Waals surface area (Å²) in [6, 6.07) is -0.0199. The molecule has 5 heteroatoms. The molecule has 0 aliphatic rings. The fraction of sp³-hybridized carbons (Fsp3) is 1.00. The highest BCUT2D eigenvalue weighted by Gasteiger charge is 2.27. The Balaban J connectivity index is 3.95. The van der Waals surface area contributed by atoms with Gasteiger partial charge in [0.15, 0.2) is 0 Å². The van der Waals surface area contributed by atoms with Gasteiger partial charge in [0.2, 0.25) is 0 Å². The quantitative estimate of drug-likeness (QED) is 0.603. The minimum atomic E-state index is -4.68. The average Bonchev–Trinajstić information content (AvgIpc) is 1.82. The van der Waals surface area contributed by atoms with Crippen molar-refractivity contribution in [3.8, 4) is 0 Å². The molecule has 1 unspecified atom stereocenters. The standard InChI is InChI=1S/C7H16BF3N/c1-6(2)7(3)12(4)5-8(9,10)11/h6-7H,5H2,1-4H3/q-1. The fourth-order valence-corrected chi connectivity index (χ4v) is 1.00. The van der Waals surface area contributed by atoms with Crippen molar-refractivity contribution in [2.75, 3.05) is 13.5 Å². The first kappa shape index (κ1) is 11.8. The molecule has 0 aromatic carbocycles. The molecule has 0 radical (unpaired) electrons. The first-order valence-corrected chi connectivity index (χ1v) is 4.15. The van der Waals surface area contributed by atoms with Gasteiger partial charge in [0.05, 0.1) is 0 Å². The van der Waals surface area contributed by atoms with Gasteiger partial charge < -0.3 is 17.8 Å².